The lowest BCUT2D eigenvalue weighted by atomic mass is 9.98. The van der Waals surface area contributed by atoms with Gasteiger partial charge >= 0.3 is 6.18 Å². The second-order valence-electron chi connectivity index (χ2n) is 5.16. The number of piperazine rings is 1. The Hall–Kier alpha value is -0.500. The molecule has 8 heteroatoms. The minimum absolute atomic E-state index is 0. The first kappa shape index (κ1) is 19.5. The summed E-state index contributed by atoms with van der Waals surface area (Å²) in [6.45, 7) is 2.86. The largest absolute Gasteiger partial charge is 0.508 e. The Balaban J connectivity index is 0.00000242. The second-order valence-corrected chi connectivity index (χ2v) is 6.07. The van der Waals surface area contributed by atoms with E-state index in [0.29, 0.717) is 23.1 Å². The molecule has 2 N–H and O–H groups in total. The van der Waals surface area contributed by atoms with Crippen molar-refractivity contribution in [2.75, 3.05) is 26.2 Å². The van der Waals surface area contributed by atoms with Gasteiger partial charge in [0.1, 0.15) is 5.75 Å². The number of halogens is 5. The van der Waals surface area contributed by atoms with Crippen LogP contribution in [0.2, 0.25) is 0 Å². The smallest absolute Gasteiger partial charge is 0.389 e. The quantitative estimate of drug-likeness (QED) is 0.801. The van der Waals surface area contributed by atoms with Crippen LogP contribution in [0.4, 0.5) is 13.2 Å². The van der Waals surface area contributed by atoms with Crippen molar-refractivity contribution >= 4 is 28.3 Å². The molecule has 3 nitrogen and oxygen atoms in total. The summed E-state index contributed by atoms with van der Waals surface area (Å²) in [7, 11) is 0. The van der Waals surface area contributed by atoms with E-state index in [2.05, 4.69) is 21.2 Å². The first-order valence-electron chi connectivity index (χ1n) is 6.87. The molecule has 1 aromatic rings. The van der Waals surface area contributed by atoms with Crippen LogP contribution < -0.4 is 5.32 Å². The number of benzene rings is 1. The van der Waals surface area contributed by atoms with E-state index in [0.717, 1.165) is 13.1 Å². The summed E-state index contributed by atoms with van der Waals surface area (Å²) in [4.78, 5) is 2.01. The normalized spacial score (nSPS) is 17.8. The molecular weight excluding hydrogens is 385 g/mol. The van der Waals surface area contributed by atoms with E-state index in [-0.39, 0.29) is 24.6 Å². The van der Waals surface area contributed by atoms with E-state index in [1.165, 1.54) is 6.07 Å². The molecule has 1 atom stereocenters. The van der Waals surface area contributed by atoms with Crippen molar-refractivity contribution in [1.82, 2.24) is 10.2 Å². The fraction of sp³-hybridized carbons (Fsp3) is 0.571. The zero-order chi connectivity index (χ0) is 15.5. The lowest BCUT2D eigenvalue weighted by molar-refractivity contribution is -0.138. The van der Waals surface area contributed by atoms with Crippen LogP contribution >= 0.6 is 28.3 Å². The van der Waals surface area contributed by atoms with E-state index in [9.17, 15) is 18.3 Å². The van der Waals surface area contributed by atoms with Gasteiger partial charge in [0, 0.05) is 48.7 Å². The Morgan fingerprint density at radius 2 is 1.91 bits per heavy atom. The molecule has 1 heterocycles. The van der Waals surface area contributed by atoms with Crippen molar-refractivity contribution in [3.05, 3.63) is 28.2 Å². The number of aromatic hydroxyl groups is 1. The molecule has 0 bridgehead atoms. The number of phenols is 1. The summed E-state index contributed by atoms with van der Waals surface area (Å²) in [5.74, 6) is 0.0371. The summed E-state index contributed by atoms with van der Waals surface area (Å²) in [6.07, 6.45) is -5.08. The summed E-state index contributed by atoms with van der Waals surface area (Å²) in [6, 6.07) is 4.56. The van der Waals surface area contributed by atoms with Crippen LogP contribution in [0.5, 0.6) is 5.75 Å². The molecule has 1 aromatic carbocycles. The molecule has 126 valence electrons. The second kappa shape index (κ2) is 8.38. The Morgan fingerprint density at radius 1 is 1.27 bits per heavy atom. The third kappa shape index (κ3) is 5.61. The highest BCUT2D eigenvalue weighted by Crippen LogP contribution is 2.36. The molecule has 0 radical (unpaired) electrons. The van der Waals surface area contributed by atoms with Crippen LogP contribution in [0, 0.1) is 0 Å². The van der Waals surface area contributed by atoms with Gasteiger partial charge in [-0.25, -0.2) is 0 Å². The molecule has 0 aromatic heterocycles. The Bertz CT molecular complexity index is 482. The van der Waals surface area contributed by atoms with Crippen molar-refractivity contribution < 1.29 is 18.3 Å². The number of nitrogens with zero attached hydrogens (tertiary/aromatic N) is 1. The fourth-order valence-electron chi connectivity index (χ4n) is 2.63. The highest BCUT2D eigenvalue weighted by Gasteiger charge is 2.32. The summed E-state index contributed by atoms with van der Waals surface area (Å²) in [5.41, 5.74) is 0.560. The highest BCUT2D eigenvalue weighted by molar-refractivity contribution is 9.10. The number of hydrogen-bond donors (Lipinski definition) is 2. The van der Waals surface area contributed by atoms with E-state index >= 15 is 0 Å². The van der Waals surface area contributed by atoms with Crippen molar-refractivity contribution in [3.8, 4) is 5.75 Å². The highest BCUT2D eigenvalue weighted by atomic mass is 79.9. The molecule has 0 spiro atoms. The molecule has 2 rings (SSSR count). The molecule has 0 aliphatic carbocycles. The standard InChI is InChI=1S/C14H18BrF3N2O.ClH/c15-10-1-2-11(13(21)9-10)12(3-4-14(16,17)18)20-7-5-19-6-8-20;/h1-2,9,12,19,21H,3-8H2;1H/t12-;/m1./s1. The van der Waals surface area contributed by atoms with Gasteiger partial charge in [0.2, 0.25) is 0 Å². The molecule has 1 fully saturated rings. The first-order chi connectivity index (χ1) is 9.87. The van der Waals surface area contributed by atoms with Crippen molar-refractivity contribution in [1.29, 1.82) is 0 Å². The molecule has 22 heavy (non-hydrogen) atoms. The molecule has 0 saturated carbocycles. The van der Waals surface area contributed by atoms with Crippen LogP contribution in [-0.4, -0.2) is 42.4 Å². The molecule has 1 aliphatic heterocycles. The van der Waals surface area contributed by atoms with Gasteiger partial charge in [0.05, 0.1) is 0 Å². The number of hydrogen-bond acceptors (Lipinski definition) is 3. The Morgan fingerprint density at radius 3 is 2.45 bits per heavy atom. The number of phenolic OH excluding ortho intramolecular Hbond substituents is 1. The summed E-state index contributed by atoms with van der Waals surface area (Å²) < 4.78 is 38.4. The molecule has 1 aliphatic rings. The topological polar surface area (TPSA) is 35.5 Å². The minimum atomic E-state index is -4.18. The zero-order valence-electron chi connectivity index (χ0n) is 11.9. The Labute approximate surface area is 142 Å². The molecule has 0 amide bonds. The maximum absolute atomic E-state index is 12.6. The van der Waals surface area contributed by atoms with Gasteiger partial charge in [-0.3, -0.25) is 4.90 Å². The Kier molecular flexibility index (Phi) is 7.45. The average Bonchev–Trinajstić information content (AvgIpc) is 2.41. The molecule has 0 unspecified atom stereocenters. The van der Waals surface area contributed by atoms with E-state index in [4.69, 9.17) is 0 Å². The lowest BCUT2D eigenvalue weighted by Gasteiger charge is -2.35. The first-order valence-corrected chi connectivity index (χ1v) is 7.66. The van der Waals surface area contributed by atoms with Crippen LogP contribution in [0.15, 0.2) is 22.7 Å². The SMILES string of the molecule is Cl.Oc1cc(Br)ccc1[C@@H](CCC(F)(F)F)N1CCNCC1. The zero-order valence-corrected chi connectivity index (χ0v) is 14.3. The van der Waals surface area contributed by atoms with Gasteiger partial charge in [-0.05, 0) is 18.6 Å². The maximum Gasteiger partial charge on any atom is 0.389 e. The predicted octanol–water partition coefficient (Wildman–Crippen LogP) is 3.87. The summed E-state index contributed by atoms with van der Waals surface area (Å²) in [5, 5.41) is 13.3. The number of rotatable bonds is 4. The van der Waals surface area contributed by atoms with E-state index in [1.54, 1.807) is 12.1 Å². The van der Waals surface area contributed by atoms with Crippen LogP contribution in [0.1, 0.15) is 24.4 Å². The third-order valence-corrected chi connectivity index (χ3v) is 4.14. The van der Waals surface area contributed by atoms with Crippen molar-refractivity contribution in [2.24, 2.45) is 0 Å². The molecule has 1 saturated heterocycles. The van der Waals surface area contributed by atoms with Gasteiger partial charge in [-0.15, -0.1) is 12.4 Å². The number of alkyl halides is 3. The van der Waals surface area contributed by atoms with E-state index < -0.39 is 18.6 Å². The third-order valence-electron chi connectivity index (χ3n) is 3.65. The van der Waals surface area contributed by atoms with Crippen LogP contribution in [0.25, 0.3) is 0 Å². The van der Waals surface area contributed by atoms with Gasteiger partial charge in [0.15, 0.2) is 0 Å². The maximum atomic E-state index is 12.6. The number of nitrogens with one attached hydrogen (secondary N) is 1. The minimum Gasteiger partial charge on any atom is -0.508 e. The van der Waals surface area contributed by atoms with Crippen LogP contribution in [0.3, 0.4) is 0 Å². The predicted molar refractivity (Wildman–Crippen MR) is 85.5 cm³/mol. The summed E-state index contributed by atoms with van der Waals surface area (Å²) >= 11 is 3.25. The molecular formula is C14H19BrClF3N2O. The average molecular weight is 404 g/mol. The van der Waals surface area contributed by atoms with Gasteiger partial charge < -0.3 is 10.4 Å². The van der Waals surface area contributed by atoms with Gasteiger partial charge in [-0.2, -0.15) is 13.2 Å². The van der Waals surface area contributed by atoms with Crippen LogP contribution in [-0.2, 0) is 0 Å². The lowest BCUT2D eigenvalue weighted by Crippen LogP contribution is -2.45. The van der Waals surface area contributed by atoms with Crippen molar-refractivity contribution in [3.63, 3.8) is 0 Å². The van der Waals surface area contributed by atoms with E-state index in [1.807, 2.05) is 4.90 Å². The monoisotopic (exact) mass is 402 g/mol. The fourth-order valence-corrected chi connectivity index (χ4v) is 2.98. The van der Waals surface area contributed by atoms with Gasteiger partial charge in [-0.1, -0.05) is 22.0 Å². The van der Waals surface area contributed by atoms with Gasteiger partial charge in [0.25, 0.3) is 0 Å². The van der Waals surface area contributed by atoms with Crippen molar-refractivity contribution in [2.45, 2.75) is 25.1 Å².